The zero-order chi connectivity index (χ0) is 15.6. The van der Waals surface area contributed by atoms with Gasteiger partial charge < -0.3 is 5.73 Å². The second-order valence-corrected chi connectivity index (χ2v) is 6.51. The number of alkyl halides is 3. The van der Waals surface area contributed by atoms with Crippen LogP contribution in [0.2, 0.25) is 0 Å². The van der Waals surface area contributed by atoms with Gasteiger partial charge in [0.1, 0.15) is 0 Å². The first-order chi connectivity index (χ1) is 9.79. The SMILES string of the molecule is CC(C)c1ccc(C(N)C2CCCC(C(F)(F)F)C2)cc1. The average Bonchev–Trinajstić information content (AvgIpc) is 2.46. The van der Waals surface area contributed by atoms with Gasteiger partial charge in [-0.1, -0.05) is 44.5 Å². The summed E-state index contributed by atoms with van der Waals surface area (Å²) in [5.74, 6) is -0.813. The molecule has 1 aliphatic carbocycles. The summed E-state index contributed by atoms with van der Waals surface area (Å²) in [7, 11) is 0. The van der Waals surface area contributed by atoms with Crippen LogP contribution in [0.1, 0.15) is 62.6 Å². The highest BCUT2D eigenvalue weighted by atomic mass is 19.4. The van der Waals surface area contributed by atoms with E-state index in [-0.39, 0.29) is 24.8 Å². The van der Waals surface area contributed by atoms with Crippen molar-refractivity contribution in [1.82, 2.24) is 0 Å². The van der Waals surface area contributed by atoms with Crippen molar-refractivity contribution in [2.45, 2.75) is 57.7 Å². The molecule has 0 spiro atoms. The number of hydrogen-bond donors (Lipinski definition) is 1. The van der Waals surface area contributed by atoms with E-state index in [9.17, 15) is 13.2 Å². The van der Waals surface area contributed by atoms with Gasteiger partial charge in [0.05, 0.1) is 5.92 Å². The number of halogens is 3. The maximum Gasteiger partial charge on any atom is 0.391 e. The lowest BCUT2D eigenvalue weighted by molar-refractivity contribution is -0.186. The van der Waals surface area contributed by atoms with E-state index in [1.165, 1.54) is 5.56 Å². The second-order valence-electron chi connectivity index (χ2n) is 6.51. The first-order valence-electron chi connectivity index (χ1n) is 7.71. The first-order valence-corrected chi connectivity index (χ1v) is 7.71. The van der Waals surface area contributed by atoms with Gasteiger partial charge in [0.25, 0.3) is 0 Å². The Kier molecular flexibility index (Phi) is 4.97. The van der Waals surface area contributed by atoms with Gasteiger partial charge in [-0.15, -0.1) is 0 Å². The van der Waals surface area contributed by atoms with E-state index in [2.05, 4.69) is 13.8 Å². The first kappa shape index (κ1) is 16.3. The Morgan fingerprint density at radius 2 is 1.62 bits per heavy atom. The van der Waals surface area contributed by atoms with Crippen LogP contribution in [0.25, 0.3) is 0 Å². The van der Waals surface area contributed by atoms with Crippen LogP contribution in [0.4, 0.5) is 13.2 Å². The summed E-state index contributed by atoms with van der Waals surface area (Å²) < 4.78 is 38.6. The molecule has 0 aliphatic heterocycles. The fourth-order valence-corrected chi connectivity index (χ4v) is 3.23. The van der Waals surface area contributed by atoms with Crippen molar-refractivity contribution in [3.05, 3.63) is 35.4 Å². The van der Waals surface area contributed by atoms with Gasteiger partial charge in [0.2, 0.25) is 0 Å². The van der Waals surface area contributed by atoms with Crippen molar-refractivity contribution in [3.8, 4) is 0 Å². The Hall–Kier alpha value is -1.03. The monoisotopic (exact) mass is 299 g/mol. The number of hydrogen-bond acceptors (Lipinski definition) is 1. The van der Waals surface area contributed by atoms with Crippen LogP contribution >= 0.6 is 0 Å². The standard InChI is InChI=1S/C17H24F3N/c1-11(2)12-6-8-13(9-7-12)16(21)14-4-3-5-15(10-14)17(18,19)20/h6-9,11,14-16H,3-5,10,21H2,1-2H3. The van der Waals surface area contributed by atoms with Gasteiger partial charge in [-0.25, -0.2) is 0 Å². The molecule has 1 aromatic rings. The van der Waals surface area contributed by atoms with Crippen molar-refractivity contribution in [1.29, 1.82) is 0 Å². The minimum atomic E-state index is -4.08. The molecule has 1 aliphatic rings. The molecule has 0 radical (unpaired) electrons. The lowest BCUT2D eigenvalue weighted by Crippen LogP contribution is -2.33. The van der Waals surface area contributed by atoms with E-state index in [4.69, 9.17) is 5.73 Å². The molecule has 2 N–H and O–H groups in total. The Balaban J connectivity index is 2.06. The highest BCUT2D eigenvalue weighted by Crippen LogP contribution is 2.43. The van der Waals surface area contributed by atoms with E-state index in [1.807, 2.05) is 24.3 Å². The predicted octanol–water partition coefficient (Wildman–Crippen LogP) is 5.18. The van der Waals surface area contributed by atoms with E-state index in [0.29, 0.717) is 12.3 Å². The highest BCUT2D eigenvalue weighted by Gasteiger charge is 2.43. The number of rotatable bonds is 3. The molecule has 2 rings (SSSR count). The van der Waals surface area contributed by atoms with Gasteiger partial charge in [-0.3, -0.25) is 0 Å². The predicted molar refractivity (Wildman–Crippen MR) is 79.0 cm³/mol. The Bertz CT molecular complexity index is 450. The summed E-state index contributed by atoms with van der Waals surface area (Å²) in [6.45, 7) is 4.23. The van der Waals surface area contributed by atoms with Crippen LogP contribution in [0.5, 0.6) is 0 Å². The van der Waals surface area contributed by atoms with Gasteiger partial charge in [0.15, 0.2) is 0 Å². The molecule has 1 aromatic carbocycles. The van der Waals surface area contributed by atoms with Crippen LogP contribution in [-0.4, -0.2) is 6.18 Å². The Labute approximate surface area is 124 Å². The Morgan fingerprint density at radius 1 is 1.05 bits per heavy atom. The quantitative estimate of drug-likeness (QED) is 0.817. The summed E-state index contributed by atoms with van der Waals surface area (Å²) in [5, 5.41) is 0. The molecule has 1 fully saturated rings. The van der Waals surface area contributed by atoms with Crippen molar-refractivity contribution in [3.63, 3.8) is 0 Å². The zero-order valence-corrected chi connectivity index (χ0v) is 12.7. The van der Waals surface area contributed by atoms with Crippen molar-refractivity contribution >= 4 is 0 Å². The molecule has 0 saturated heterocycles. The van der Waals surface area contributed by atoms with E-state index in [0.717, 1.165) is 12.0 Å². The normalized spacial score (nSPS) is 25.1. The molecular weight excluding hydrogens is 275 g/mol. The van der Waals surface area contributed by atoms with Crippen LogP contribution in [0.3, 0.4) is 0 Å². The average molecular weight is 299 g/mol. The lowest BCUT2D eigenvalue weighted by Gasteiger charge is -2.34. The highest BCUT2D eigenvalue weighted by molar-refractivity contribution is 5.27. The van der Waals surface area contributed by atoms with Crippen LogP contribution in [-0.2, 0) is 0 Å². The van der Waals surface area contributed by atoms with Crippen LogP contribution in [0.15, 0.2) is 24.3 Å². The second kappa shape index (κ2) is 6.39. The third-order valence-corrected chi connectivity index (χ3v) is 4.67. The summed E-state index contributed by atoms with van der Waals surface area (Å²) in [4.78, 5) is 0. The Morgan fingerprint density at radius 3 is 2.14 bits per heavy atom. The minimum Gasteiger partial charge on any atom is -0.324 e. The van der Waals surface area contributed by atoms with Crippen molar-refractivity contribution < 1.29 is 13.2 Å². The third-order valence-electron chi connectivity index (χ3n) is 4.67. The molecular formula is C17H24F3N. The molecule has 0 amide bonds. The number of benzene rings is 1. The molecule has 1 nitrogen and oxygen atoms in total. The molecule has 21 heavy (non-hydrogen) atoms. The maximum atomic E-state index is 12.9. The summed E-state index contributed by atoms with van der Waals surface area (Å²) in [6.07, 6.45) is -2.26. The molecule has 0 aromatic heterocycles. The third kappa shape index (κ3) is 4.00. The van der Waals surface area contributed by atoms with Gasteiger partial charge in [-0.2, -0.15) is 13.2 Å². The topological polar surface area (TPSA) is 26.0 Å². The molecule has 118 valence electrons. The lowest BCUT2D eigenvalue weighted by atomic mass is 9.76. The smallest absolute Gasteiger partial charge is 0.324 e. The van der Waals surface area contributed by atoms with Crippen LogP contribution in [0, 0.1) is 11.8 Å². The molecule has 4 heteroatoms. The van der Waals surface area contributed by atoms with E-state index in [1.54, 1.807) is 0 Å². The molecule has 3 unspecified atom stereocenters. The van der Waals surface area contributed by atoms with E-state index < -0.39 is 12.1 Å². The van der Waals surface area contributed by atoms with Gasteiger partial charge >= 0.3 is 6.18 Å². The molecule has 3 atom stereocenters. The van der Waals surface area contributed by atoms with Crippen LogP contribution < -0.4 is 5.73 Å². The van der Waals surface area contributed by atoms with Crippen molar-refractivity contribution in [2.75, 3.05) is 0 Å². The van der Waals surface area contributed by atoms with Gasteiger partial charge in [-0.05, 0) is 42.2 Å². The van der Waals surface area contributed by atoms with E-state index >= 15 is 0 Å². The molecule has 0 heterocycles. The summed E-state index contributed by atoms with van der Waals surface area (Å²) in [5.41, 5.74) is 8.41. The fourth-order valence-electron chi connectivity index (χ4n) is 3.23. The maximum absolute atomic E-state index is 12.9. The summed E-state index contributed by atoms with van der Waals surface area (Å²) >= 11 is 0. The van der Waals surface area contributed by atoms with Crippen molar-refractivity contribution in [2.24, 2.45) is 17.6 Å². The number of nitrogens with two attached hydrogens (primary N) is 1. The fraction of sp³-hybridized carbons (Fsp3) is 0.647. The zero-order valence-electron chi connectivity index (χ0n) is 12.7. The molecule has 0 bridgehead atoms. The summed E-state index contributed by atoms with van der Waals surface area (Å²) in [6, 6.07) is 7.71. The minimum absolute atomic E-state index is 0.0738. The largest absolute Gasteiger partial charge is 0.391 e. The molecule has 1 saturated carbocycles. The van der Waals surface area contributed by atoms with Gasteiger partial charge in [0, 0.05) is 6.04 Å².